The van der Waals surface area contributed by atoms with Gasteiger partial charge in [0.15, 0.2) is 12.0 Å². The van der Waals surface area contributed by atoms with Gasteiger partial charge in [-0.2, -0.15) is 0 Å². The maximum Gasteiger partial charge on any atom is 0.204 e. The van der Waals surface area contributed by atoms with Gasteiger partial charge >= 0.3 is 0 Å². The molecule has 8 atom stereocenters. The fourth-order valence-electron chi connectivity index (χ4n) is 3.87. The number of allylic oxidation sites excluding steroid dienone is 2. The van der Waals surface area contributed by atoms with Gasteiger partial charge in [-0.05, 0) is 19.8 Å². The van der Waals surface area contributed by atoms with Gasteiger partial charge in [-0.3, -0.25) is 4.79 Å². The highest BCUT2D eigenvalue weighted by Crippen LogP contribution is 2.35. The van der Waals surface area contributed by atoms with E-state index in [2.05, 4.69) is 0 Å². The van der Waals surface area contributed by atoms with Gasteiger partial charge in [0.1, 0.15) is 24.4 Å². The van der Waals surface area contributed by atoms with Gasteiger partial charge in [-0.25, -0.2) is 0 Å². The number of ether oxygens (including phenoxy) is 4. The van der Waals surface area contributed by atoms with Crippen LogP contribution in [0.2, 0.25) is 0 Å². The Bertz CT molecular complexity index is 657. The van der Waals surface area contributed by atoms with E-state index in [9.17, 15) is 25.2 Å². The van der Waals surface area contributed by atoms with Crippen LogP contribution in [0.5, 0.6) is 0 Å². The van der Waals surface area contributed by atoms with Crippen molar-refractivity contribution < 1.29 is 44.2 Å². The number of aliphatic hydroxyl groups is 4. The van der Waals surface area contributed by atoms with Crippen LogP contribution in [0, 0.1) is 11.8 Å². The number of ketones is 1. The third kappa shape index (κ3) is 5.04. The number of carbonyl (C=O) groups excluding carboxylic acids is 1. The van der Waals surface area contributed by atoms with E-state index >= 15 is 0 Å². The van der Waals surface area contributed by atoms with E-state index in [1.165, 1.54) is 14.2 Å². The Morgan fingerprint density at radius 3 is 2.33 bits per heavy atom. The highest BCUT2D eigenvalue weighted by atomic mass is 16.7. The number of hydrogen-bond donors (Lipinski definition) is 4. The van der Waals surface area contributed by atoms with E-state index in [0.717, 1.165) is 5.57 Å². The number of aliphatic hydroxyl groups excluding tert-OH is 4. The minimum absolute atomic E-state index is 0.0486. The Hall–Kier alpha value is -1.49. The molecule has 6 unspecified atom stereocenters. The Kier molecular flexibility index (Phi) is 8.84. The summed E-state index contributed by atoms with van der Waals surface area (Å²) in [4.78, 5) is 12.5. The van der Waals surface area contributed by atoms with Gasteiger partial charge in [0.05, 0.1) is 26.9 Å². The summed E-state index contributed by atoms with van der Waals surface area (Å²) >= 11 is 0. The molecule has 0 radical (unpaired) electrons. The Morgan fingerprint density at radius 1 is 1.10 bits per heavy atom. The molecule has 0 aromatic heterocycles. The molecule has 0 bridgehead atoms. The monoisotopic (exact) mass is 430 g/mol. The summed E-state index contributed by atoms with van der Waals surface area (Å²) in [6.07, 6.45) is -3.85. The van der Waals surface area contributed by atoms with Crippen LogP contribution in [0.15, 0.2) is 23.2 Å². The molecule has 0 saturated carbocycles. The normalized spacial score (nSPS) is 38.0. The predicted molar refractivity (Wildman–Crippen MR) is 106 cm³/mol. The lowest BCUT2D eigenvalue weighted by molar-refractivity contribution is -0.294. The van der Waals surface area contributed by atoms with Crippen LogP contribution in [0.25, 0.3) is 0 Å². The summed E-state index contributed by atoms with van der Waals surface area (Å²) in [5, 5.41) is 40.6. The molecule has 9 nitrogen and oxygen atoms in total. The Balaban J connectivity index is 2.00. The molecular formula is C21H34O9. The van der Waals surface area contributed by atoms with Gasteiger partial charge in [-0.15, -0.1) is 0 Å². The zero-order valence-electron chi connectivity index (χ0n) is 18.1. The molecule has 1 saturated heterocycles. The fourth-order valence-corrected chi connectivity index (χ4v) is 3.87. The lowest BCUT2D eigenvalue weighted by atomic mass is 9.77. The number of hydrogen-bond acceptors (Lipinski definition) is 9. The quantitative estimate of drug-likeness (QED) is 0.400. The van der Waals surface area contributed by atoms with Crippen molar-refractivity contribution in [2.45, 2.75) is 70.4 Å². The summed E-state index contributed by atoms with van der Waals surface area (Å²) in [6, 6.07) is 0. The van der Waals surface area contributed by atoms with Crippen LogP contribution in [-0.2, 0) is 23.7 Å². The smallest absolute Gasteiger partial charge is 0.204 e. The number of Topliss-reactive ketones (excluding diaryl/α,β-unsaturated/α-hetero) is 1. The molecule has 1 fully saturated rings. The first-order valence-electron chi connectivity index (χ1n) is 10.2. The minimum atomic E-state index is -1.37. The second-order valence-corrected chi connectivity index (χ2v) is 7.88. The molecule has 0 spiro atoms. The second kappa shape index (κ2) is 10.7. The molecule has 2 rings (SSSR count). The van der Waals surface area contributed by atoms with E-state index in [-0.39, 0.29) is 29.8 Å². The number of rotatable bonds is 8. The molecule has 0 aromatic rings. The van der Waals surface area contributed by atoms with Crippen molar-refractivity contribution in [2.24, 2.45) is 11.8 Å². The molecule has 0 aromatic carbocycles. The molecule has 4 N–H and O–H groups in total. The minimum Gasteiger partial charge on any atom is -0.494 e. The topological polar surface area (TPSA) is 135 Å². The largest absolute Gasteiger partial charge is 0.494 e. The summed E-state index contributed by atoms with van der Waals surface area (Å²) in [5.74, 6) is -0.885. The van der Waals surface area contributed by atoms with Gasteiger partial charge in [0.25, 0.3) is 0 Å². The van der Waals surface area contributed by atoms with Crippen LogP contribution in [0.1, 0.15) is 33.6 Å². The van der Waals surface area contributed by atoms with Crippen molar-refractivity contribution in [1.29, 1.82) is 0 Å². The van der Waals surface area contributed by atoms with Crippen molar-refractivity contribution >= 4 is 5.78 Å². The van der Waals surface area contributed by atoms with E-state index in [4.69, 9.17) is 18.9 Å². The molecule has 0 amide bonds. The third-order valence-electron chi connectivity index (χ3n) is 5.89. The summed E-state index contributed by atoms with van der Waals surface area (Å²) in [5.41, 5.74) is 0.798. The van der Waals surface area contributed by atoms with Crippen LogP contribution in [0.3, 0.4) is 0 Å². The van der Waals surface area contributed by atoms with Crippen molar-refractivity contribution in [1.82, 2.24) is 0 Å². The average molecular weight is 430 g/mol. The van der Waals surface area contributed by atoms with Crippen LogP contribution >= 0.6 is 0 Å². The molecule has 1 aliphatic heterocycles. The van der Waals surface area contributed by atoms with Crippen molar-refractivity contribution in [3.8, 4) is 0 Å². The highest BCUT2D eigenvalue weighted by Gasteiger charge is 2.44. The van der Waals surface area contributed by atoms with Crippen LogP contribution in [-0.4, -0.2) is 83.8 Å². The summed E-state index contributed by atoms with van der Waals surface area (Å²) in [6.45, 7) is 5.47. The third-order valence-corrected chi connectivity index (χ3v) is 5.89. The predicted octanol–water partition coefficient (Wildman–Crippen LogP) is 0.257. The SMILES string of the molecule is CCC1O[C@H](OC/C(C)=C/CC2C(C)C(=O)C(OC)=C(OC)C2O)C(O)C(O)[C@H]1O. The van der Waals surface area contributed by atoms with E-state index in [1.807, 2.05) is 13.0 Å². The van der Waals surface area contributed by atoms with Gasteiger partial charge in [0.2, 0.25) is 11.5 Å². The van der Waals surface area contributed by atoms with Crippen LogP contribution < -0.4 is 0 Å². The van der Waals surface area contributed by atoms with Crippen LogP contribution in [0.4, 0.5) is 0 Å². The lowest BCUT2D eigenvalue weighted by Crippen LogP contribution is -2.58. The van der Waals surface area contributed by atoms with Gasteiger partial charge < -0.3 is 39.4 Å². The molecule has 30 heavy (non-hydrogen) atoms. The maximum absolute atomic E-state index is 12.5. The summed E-state index contributed by atoms with van der Waals surface area (Å²) in [7, 11) is 2.76. The first kappa shape index (κ1) is 24.8. The molecule has 1 aliphatic carbocycles. The molecule has 172 valence electrons. The number of carbonyl (C=O) groups is 1. The van der Waals surface area contributed by atoms with Crippen molar-refractivity contribution in [3.63, 3.8) is 0 Å². The second-order valence-electron chi connectivity index (χ2n) is 7.88. The molecule has 9 heteroatoms. The molecule has 1 heterocycles. The number of methoxy groups -OCH3 is 2. The van der Waals surface area contributed by atoms with Crippen molar-refractivity contribution in [2.75, 3.05) is 20.8 Å². The first-order chi connectivity index (χ1) is 14.2. The van der Waals surface area contributed by atoms with Gasteiger partial charge in [-0.1, -0.05) is 25.5 Å². The zero-order chi connectivity index (χ0) is 22.6. The summed E-state index contributed by atoms with van der Waals surface area (Å²) < 4.78 is 21.4. The van der Waals surface area contributed by atoms with Crippen molar-refractivity contribution in [3.05, 3.63) is 23.2 Å². The first-order valence-corrected chi connectivity index (χ1v) is 10.2. The average Bonchev–Trinajstić information content (AvgIpc) is 2.73. The maximum atomic E-state index is 12.5. The fraction of sp³-hybridized carbons (Fsp3) is 0.762. The lowest BCUT2D eigenvalue weighted by Gasteiger charge is -2.40. The molecule has 2 aliphatic rings. The standard InChI is InChI=1S/C21H34O9/c1-6-13-16(24)17(25)18(26)21(30-13)29-9-10(2)7-8-12-11(3)14(22)19(27-4)20(28-5)15(12)23/h7,11-13,15-18,21,23-26H,6,8-9H2,1-5H3/b10-7+/t11?,12?,13?,15?,16-,17?,18?,21-/m0/s1. The van der Waals surface area contributed by atoms with E-state index < -0.39 is 42.7 Å². The Morgan fingerprint density at radius 2 is 1.77 bits per heavy atom. The zero-order valence-corrected chi connectivity index (χ0v) is 18.1. The Labute approximate surface area is 176 Å². The highest BCUT2D eigenvalue weighted by molar-refractivity contribution is 5.97. The van der Waals surface area contributed by atoms with Gasteiger partial charge in [0, 0.05) is 11.8 Å². The van der Waals surface area contributed by atoms with E-state index in [0.29, 0.717) is 12.8 Å². The van der Waals surface area contributed by atoms with E-state index in [1.54, 1.807) is 13.8 Å². The molecular weight excluding hydrogens is 396 g/mol.